The van der Waals surface area contributed by atoms with Crippen LogP contribution >= 0.6 is 23.4 Å². The molecule has 2 rings (SSSR count). The minimum Gasteiger partial charge on any atom is -0.463 e. The summed E-state index contributed by atoms with van der Waals surface area (Å²) in [6.07, 6.45) is 3.22. The lowest BCUT2D eigenvalue weighted by atomic mass is 10.1. The van der Waals surface area contributed by atoms with Gasteiger partial charge in [-0.25, -0.2) is 4.79 Å². The molecule has 2 aromatic carbocycles. The van der Waals surface area contributed by atoms with Crippen molar-refractivity contribution in [2.45, 2.75) is 30.6 Å². The Labute approximate surface area is 146 Å². The van der Waals surface area contributed by atoms with Crippen LogP contribution in [0.5, 0.6) is 0 Å². The van der Waals surface area contributed by atoms with Gasteiger partial charge in [0.05, 0.1) is 6.61 Å². The van der Waals surface area contributed by atoms with Gasteiger partial charge in [0, 0.05) is 20.9 Å². The van der Waals surface area contributed by atoms with E-state index in [2.05, 4.69) is 31.2 Å². The quantitative estimate of drug-likeness (QED) is 0.514. The van der Waals surface area contributed by atoms with E-state index in [0.29, 0.717) is 11.6 Å². The topological polar surface area (TPSA) is 26.3 Å². The zero-order valence-electron chi connectivity index (χ0n) is 13.4. The van der Waals surface area contributed by atoms with Crippen LogP contribution in [-0.4, -0.2) is 12.6 Å². The molecular formula is C19H19ClO2S. The van der Waals surface area contributed by atoms with Gasteiger partial charge in [0.15, 0.2) is 0 Å². The van der Waals surface area contributed by atoms with Crippen molar-refractivity contribution in [1.29, 1.82) is 0 Å². The average Bonchev–Trinajstić information content (AvgIpc) is 2.53. The molecule has 0 bridgehead atoms. The minimum absolute atomic E-state index is 0.349. The van der Waals surface area contributed by atoms with Crippen LogP contribution in [0.1, 0.15) is 23.6 Å². The highest BCUT2D eigenvalue weighted by Gasteiger charge is 2.09. The average molecular weight is 347 g/mol. The first kappa shape index (κ1) is 17.6. The number of benzene rings is 2. The van der Waals surface area contributed by atoms with Crippen molar-refractivity contribution in [1.82, 2.24) is 0 Å². The van der Waals surface area contributed by atoms with Gasteiger partial charge in [-0.2, -0.15) is 0 Å². The van der Waals surface area contributed by atoms with Gasteiger partial charge in [0.25, 0.3) is 0 Å². The Morgan fingerprint density at radius 3 is 2.52 bits per heavy atom. The molecule has 2 aromatic rings. The number of ether oxygens (including phenoxy) is 1. The van der Waals surface area contributed by atoms with Crippen LogP contribution in [0, 0.1) is 13.8 Å². The first-order valence-electron chi connectivity index (χ1n) is 7.39. The van der Waals surface area contributed by atoms with Gasteiger partial charge in [-0.1, -0.05) is 41.1 Å². The van der Waals surface area contributed by atoms with Gasteiger partial charge in [-0.15, -0.1) is 0 Å². The molecule has 0 fully saturated rings. The summed E-state index contributed by atoms with van der Waals surface area (Å²) in [7, 11) is 0. The maximum Gasteiger partial charge on any atom is 0.330 e. The summed E-state index contributed by atoms with van der Waals surface area (Å²) >= 11 is 7.88. The predicted molar refractivity (Wildman–Crippen MR) is 97.2 cm³/mol. The number of hydrogen-bond donors (Lipinski definition) is 0. The second kappa shape index (κ2) is 8.23. The van der Waals surface area contributed by atoms with E-state index in [1.165, 1.54) is 11.6 Å². The van der Waals surface area contributed by atoms with E-state index in [1.54, 1.807) is 24.8 Å². The van der Waals surface area contributed by atoms with Crippen LogP contribution in [0.15, 0.2) is 52.3 Å². The molecule has 120 valence electrons. The lowest BCUT2D eigenvalue weighted by Gasteiger charge is -2.11. The lowest BCUT2D eigenvalue weighted by molar-refractivity contribution is -0.137. The number of hydrogen-bond acceptors (Lipinski definition) is 3. The molecule has 0 aliphatic carbocycles. The Bertz CT molecular complexity index is 721. The number of halogens is 1. The third kappa shape index (κ3) is 4.88. The number of rotatable bonds is 5. The SMILES string of the molecule is CCOC(=O)/C=C/c1c(Sc2ccc(C)cc2)ccc(Cl)c1C. The van der Waals surface area contributed by atoms with E-state index in [4.69, 9.17) is 16.3 Å². The lowest BCUT2D eigenvalue weighted by Crippen LogP contribution is -1.99. The van der Waals surface area contributed by atoms with Gasteiger partial charge < -0.3 is 4.74 Å². The van der Waals surface area contributed by atoms with Gasteiger partial charge in [-0.05, 0) is 62.2 Å². The summed E-state index contributed by atoms with van der Waals surface area (Å²) in [6.45, 7) is 6.17. The Morgan fingerprint density at radius 1 is 1.17 bits per heavy atom. The van der Waals surface area contributed by atoms with E-state index in [1.807, 2.05) is 19.1 Å². The van der Waals surface area contributed by atoms with E-state index < -0.39 is 0 Å². The molecule has 0 spiro atoms. The number of aryl methyl sites for hydroxylation is 1. The minimum atomic E-state index is -0.349. The smallest absolute Gasteiger partial charge is 0.330 e. The zero-order chi connectivity index (χ0) is 16.8. The monoisotopic (exact) mass is 346 g/mol. The summed E-state index contributed by atoms with van der Waals surface area (Å²) < 4.78 is 4.94. The molecule has 0 saturated heterocycles. The fraction of sp³-hybridized carbons (Fsp3) is 0.211. The summed E-state index contributed by atoms with van der Waals surface area (Å²) in [5.74, 6) is -0.349. The molecule has 4 heteroatoms. The van der Waals surface area contributed by atoms with Crippen LogP contribution in [0.25, 0.3) is 6.08 Å². The first-order valence-corrected chi connectivity index (χ1v) is 8.59. The van der Waals surface area contributed by atoms with Crippen LogP contribution in [0.3, 0.4) is 0 Å². The Kier molecular flexibility index (Phi) is 6.31. The van der Waals surface area contributed by atoms with Crippen molar-refractivity contribution in [3.63, 3.8) is 0 Å². The van der Waals surface area contributed by atoms with E-state index in [-0.39, 0.29) is 5.97 Å². The molecule has 23 heavy (non-hydrogen) atoms. The predicted octanol–water partition coefficient (Wildman–Crippen LogP) is 5.68. The fourth-order valence-electron chi connectivity index (χ4n) is 2.05. The van der Waals surface area contributed by atoms with Crippen molar-refractivity contribution in [2.24, 2.45) is 0 Å². The molecule has 0 aromatic heterocycles. The Morgan fingerprint density at radius 2 is 1.87 bits per heavy atom. The van der Waals surface area contributed by atoms with Crippen LogP contribution in [0.2, 0.25) is 5.02 Å². The molecule has 0 amide bonds. The van der Waals surface area contributed by atoms with Crippen molar-refractivity contribution in [2.75, 3.05) is 6.61 Å². The molecular weight excluding hydrogens is 328 g/mol. The molecule has 0 unspecified atom stereocenters. The maximum absolute atomic E-state index is 11.6. The standard InChI is InChI=1S/C19H19ClO2S/c1-4-22-19(21)12-9-16-14(3)17(20)10-11-18(16)23-15-7-5-13(2)6-8-15/h5-12H,4H2,1-3H3/b12-9+. The van der Waals surface area contributed by atoms with Gasteiger partial charge in [-0.3, -0.25) is 0 Å². The van der Waals surface area contributed by atoms with Crippen LogP contribution in [-0.2, 0) is 9.53 Å². The van der Waals surface area contributed by atoms with Gasteiger partial charge >= 0.3 is 5.97 Å². The molecule has 0 saturated carbocycles. The zero-order valence-corrected chi connectivity index (χ0v) is 15.0. The second-order valence-corrected chi connectivity index (χ2v) is 6.61. The summed E-state index contributed by atoms with van der Waals surface area (Å²) in [4.78, 5) is 13.8. The number of carbonyl (C=O) groups excluding carboxylic acids is 1. The third-order valence-electron chi connectivity index (χ3n) is 3.33. The summed E-state index contributed by atoms with van der Waals surface area (Å²) in [5, 5.41) is 0.682. The normalized spacial score (nSPS) is 11.0. The highest BCUT2D eigenvalue weighted by molar-refractivity contribution is 7.99. The Hall–Kier alpha value is -1.71. The van der Waals surface area contributed by atoms with Crippen LogP contribution in [0.4, 0.5) is 0 Å². The van der Waals surface area contributed by atoms with Crippen molar-refractivity contribution in [3.8, 4) is 0 Å². The van der Waals surface area contributed by atoms with Crippen LogP contribution < -0.4 is 0 Å². The molecule has 2 nitrogen and oxygen atoms in total. The molecule has 0 aliphatic rings. The van der Waals surface area contributed by atoms with E-state index in [0.717, 1.165) is 20.9 Å². The largest absolute Gasteiger partial charge is 0.463 e. The number of esters is 1. The molecule has 0 N–H and O–H groups in total. The van der Waals surface area contributed by atoms with Gasteiger partial charge in [0.1, 0.15) is 0 Å². The van der Waals surface area contributed by atoms with E-state index in [9.17, 15) is 4.79 Å². The third-order valence-corrected chi connectivity index (χ3v) is 4.82. The summed E-state index contributed by atoms with van der Waals surface area (Å²) in [6, 6.07) is 12.2. The molecule has 0 heterocycles. The maximum atomic E-state index is 11.6. The van der Waals surface area contributed by atoms with Crippen molar-refractivity contribution < 1.29 is 9.53 Å². The Balaban J connectivity index is 2.33. The van der Waals surface area contributed by atoms with E-state index >= 15 is 0 Å². The summed E-state index contributed by atoms with van der Waals surface area (Å²) in [5.41, 5.74) is 3.12. The van der Waals surface area contributed by atoms with Crippen molar-refractivity contribution >= 4 is 35.4 Å². The second-order valence-electron chi connectivity index (χ2n) is 5.08. The first-order chi connectivity index (χ1) is 11.0. The molecule has 0 aliphatic heterocycles. The van der Waals surface area contributed by atoms with Crippen molar-refractivity contribution in [3.05, 3.63) is 64.2 Å². The highest BCUT2D eigenvalue weighted by Crippen LogP contribution is 2.35. The highest BCUT2D eigenvalue weighted by atomic mass is 35.5. The number of carbonyl (C=O) groups is 1. The van der Waals surface area contributed by atoms with Gasteiger partial charge in [0.2, 0.25) is 0 Å². The molecule has 0 atom stereocenters. The fourth-order valence-corrected chi connectivity index (χ4v) is 3.21. The molecule has 0 radical (unpaired) electrons.